The minimum Gasteiger partial charge on any atom is -0.508 e. The number of nitrogens with one attached hydrogen (secondary N) is 1. The van der Waals surface area contributed by atoms with Crippen LogP contribution in [-0.4, -0.2) is 23.1 Å². The van der Waals surface area contributed by atoms with Gasteiger partial charge in [-0.15, -0.1) is 0 Å². The molecule has 0 aromatic heterocycles. The first-order chi connectivity index (χ1) is 10.3. The van der Waals surface area contributed by atoms with Crippen molar-refractivity contribution >= 4 is 0 Å². The Hall–Kier alpha value is -1.84. The van der Waals surface area contributed by atoms with Gasteiger partial charge in [-0.1, -0.05) is 36.4 Å². The van der Waals surface area contributed by atoms with Crippen molar-refractivity contribution in [3.63, 3.8) is 0 Å². The molecule has 0 aliphatic carbocycles. The van der Waals surface area contributed by atoms with Gasteiger partial charge in [0.15, 0.2) is 0 Å². The third kappa shape index (κ3) is 2.33. The highest BCUT2D eigenvalue weighted by Crippen LogP contribution is 2.33. The highest BCUT2D eigenvalue weighted by Gasteiger charge is 2.27. The van der Waals surface area contributed by atoms with Gasteiger partial charge in [0.25, 0.3) is 0 Å². The molecule has 4 rings (SSSR count). The molecule has 2 aromatic carbocycles. The lowest BCUT2D eigenvalue weighted by Gasteiger charge is -2.30. The maximum Gasteiger partial charge on any atom is 0.120 e. The fourth-order valence-corrected chi connectivity index (χ4v) is 3.65. The summed E-state index contributed by atoms with van der Waals surface area (Å²) in [5.41, 5.74) is 5.26. The van der Waals surface area contributed by atoms with Gasteiger partial charge in [-0.25, -0.2) is 0 Å². The zero-order valence-corrected chi connectivity index (χ0v) is 12.0. The largest absolute Gasteiger partial charge is 0.508 e. The fraction of sp³-hybridized carbons (Fsp3) is 0.333. The van der Waals surface area contributed by atoms with Crippen LogP contribution in [0.1, 0.15) is 28.3 Å². The van der Waals surface area contributed by atoms with Crippen molar-refractivity contribution in [2.24, 2.45) is 0 Å². The van der Waals surface area contributed by atoms with Gasteiger partial charge >= 0.3 is 0 Å². The first-order valence-electron chi connectivity index (χ1n) is 7.64. The Kier molecular flexibility index (Phi) is 3.17. The summed E-state index contributed by atoms with van der Waals surface area (Å²) in [7, 11) is 0. The number of fused-ring (bicyclic) bond motifs is 2. The zero-order chi connectivity index (χ0) is 14.2. The molecule has 3 heteroatoms. The SMILES string of the molecule is Oc1cccc2c1[C@@H](CN1Cc3ccccc3C1)NCC2. The molecule has 2 aliphatic rings. The van der Waals surface area contributed by atoms with Gasteiger partial charge in [0.1, 0.15) is 5.75 Å². The van der Waals surface area contributed by atoms with Crippen LogP contribution in [0.5, 0.6) is 5.75 Å². The molecule has 0 saturated carbocycles. The Morgan fingerprint density at radius 1 is 1.00 bits per heavy atom. The molecule has 0 spiro atoms. The van der Waals surface area contributed by atoms with Crippen molar-refractivity contribution in [2.75, 3.05) is 13.1 Å². The van der Waals surface area contributed by atoms with Gasteiger partial charge in [0.2, 0.25) is 0 Å². The first-order valence-corrected chi connectivity index (χ1v) is 7.64. The minimum absolute atomic E-state index is 0.226. The van der Waals surface area contributed by atoms with E-state index in [1.54, 1.807) is 6.07 Å². The fourth-order valence-electron chi connectivity index (χ4n) is 3.65. The quantitative estimate of drug-likeness (QED) is 0.887. The van der Waals surface area contributed by atoms with Crippen LogP contribution in [0.4, 0.5) is 0 Å². The Labute approximate surface area is 125 Å². The Morgan fingerprint density at radius 3 is 2.48 bits per heavy atom. The van der Waals surface area contributed by atoms with Crippen LogP contribution in [-0.2, 0) is 19.5 Å². The summed E-state index contributed by atoms with van der Waals surface area (Å²) in [6.07, 6.45) is 1.00. The smallest absolute Gasteiger partial charge is 0.120 e. The Bertz CT molecular complexity index is 643. The van der Waals surface area contributed by atoms with Crippen molar-refractivity contribution in [3.05, 3.63) is 64.7 Å². The molecule has 3 nitrogen and oxygen atoms in total. The van der Waals surface area contributed by atoms with Gasteiger partial charge < -0.3 is 10.4 Å². The van der Waals surface area contributed by atoms with E-state index in [-0.39, 0.29) is 6.04 Å². The van der Waals surface area contributed by atoms with Gasteiger partial charge in [-0.2, -0.15) is 0 Å². The van der Waals surface area contributed by atoms with Gasteiger partial charge in [0, 0.05) is 31.2 Å². The highest BCUT2D eigenvalue weighted by atomic mass is 16.3. The second kappa shape index (κ2) is 5.17. The monoisotopic (exact) mass is 280 g/mol. The molecule has 2 N–H and O–H groups in total. The van der Waals surface area contributed by atoms with Crippen LogP contribution < -0.4 is 5.32 Å². The predicted octanol–water partition coefficient (Wildman–Crippen LogP) is 2.59. The van der Waals surface area contributed by atoms with Crippen LogP contribution in [0.2, 0.25) is 0 Å². The summed E-state index contributed by atoms with van der Waals surface area (Å²) in [5.74, 6) is 0.432. The van der Waals surface area contributed by atoms with Gasteiger partial charge in [-0.05, 0) is 35.7 Å². The van der Waals surface area contributed by atoms with Gasteiger partial charge in [-0.3, -0.25) is 4.90 Å². The van der Waals surface area contributed by atoms with Crippen molar-refractivity contribution in [1.82, 2.24) is 10.2 Å². The molecule has 1 atom stereocenters. The molecule has 0 bridgehead atoms. The average molecular weight is 280 g/mol. The molecule has 2 aromatic rings. The van der Waals surface area contributed by atoms with E-state index < -0.39 is 0 Å². The summed E-state index contributed by atoms with van der Waals surface area (Å²) in [6.45, 7) is 3.95. The van der Waals surface area contributed by atoms with Crippen LogP contribution in [0.3, 0.4) is 0 Å². The molecule has 2 aliphatic heterocycles. The molecule has 0 saturated heterocycles. The topological polar surface area (TPSA) is 35.5 Å². The molecule has 2 heterocycles. The maximum atomic E-state index is 10.2. The summed E-state index contributed by atoms with van der Waals surface area (Å²) < 4.78 is 0. The summed E-state index contributed by atoms with van der Waals surface area (Å²) in [4.78, 5) is 2.46. The molecule has 0 radical (unpaired) electrons. The number of rotatable bonds is 2. The number of phenols is 1. The van der Waals surface area contributed by atoms with Crippen LogP contribution in [0, 0.1) is 0 Å². The first kappa shape index (κ1) is 12.9. The lowest BCUT2D eigenvalue weighted by atomic mass is 9.93. The predicted molar refractivity (Wildman–Crippen MR) is 83.1 cm³/mol. The van der Waals surface area contributed by atoms with Crippen molar-refractivity contribution < 1.29 is 5.11 Å². The van der Waals surface area contributed by atoms with Crippen LogP contribution in [0.25, 0.3) is 0 Å². The summed E-state index contributed by atoms with van der Waals surface area (Å²) in [6, 6.07) is 14.8. The summed E-state index contributed by atoms with van der Waals surface area (Å²) >= 11 is 0. The van der Waals surface area contributed by atoms with Crippen molar-refractivity contribution in [3.8, 4) is 5.75 Å². The molecule has 0 fully saturated rings. The normalized spacial score (nSPS) is 21.0. The standard InChI is InChI=1S/C18H20N2O/c21-17-7-3-6-13-8-9-19-16(18(13)17)12-20-10-14-4-1-2-5-15(14)11-20/h1-7,16,19,21H,8-12H2/t16-/m1/s1. The summed E-state index contributed by atoms with van der Waals surface area (Å²) in [5, 5.41) is 13.8. The van der Waals surface area contributed by atoms with Crippen molar-refractivity contribution in [2.45, 2.75) is 25.6 Å². The second-order valence-electron chi connectivity index (χ2n) is 6.04. The van der Waals surface area contributed by atoms with E-state index in [9.17, 15) is 5.11 Å². The third-order valence-corrected chi connectivity index (χ3v) is 4.65. The molecule has 21 heavy (non-hydrogen) atoms. The molecular formula is C18H20N2O. The van der Waals surface area contributed by atoms with E-state index in [0.717, 1.165) is 38.2 Å². The molecule has 108 valence electrons. The van der Waals surface area contributed by atoms with Crippen molar-refractivity contribution in [1.29, 1.82) is 0 Å². The van der Waals surface area contributed by atoms with Crippen LogP contribution >= 0.6 is 0 Å². The molecule has 0 amide bonds. The third-order valence-electron chi connectivity index (χ3n) is 4.65. The molecular weight excluding hydrogens is 260 g/mol. The number of phenolic OH excluding ortho intramolecular Hbond substituents is 1. The Balaban J connectivity index is 1.55. The van der Waals surface area contributed by atoms with Crippen LogP contribution in [0.15, 0.2) is 42.5 Å². The van der Waals surface area contributed by atoms with E-state index in [2.05, 4.69) is 40.5 Å². The Morgan fingerprint density at radius 2 is 1.71 bits per heavy atom. The van der Waals surface area contributed by atoms with E-state index in [1.807, 2.05) is 6.07 Å². The minimum atomic E-state index is 0.226. The lowest BCUT2D eigenvalue weighted by molar-refractivity contribution is 0.242. The van der Waals surface area contributed by atoms with E-state index in [0.29, 0.717) is 5.75 Å². The van der Waals surface area contributed by atoms with E-state index >= 15 is 0 Å². The number of nitrogens with zero attached hydrogens (tertiary/aromatic N) is 1. The number of hydrogen-bond acceptors (Lipinski definition) is 3. The average Bonchev–Trinajstić information content (AvgIpc) is 2.90. The van der Waals surface area contributed by atoms with E-state index in [1.165, 1.54) is 16.7 Å². The van der Waals surface area contributed by atoms with Gasteiger partial charge in [0.05, 0.1) is 0 Å². The zero-order valence-electron chi connectivity index (χ0n) is 12.0. The number of hydrogen-bond donors (Lipinski definition) is 2. The lowest BCUT2D eigenvalue weighted by Crippen LogP contribution is -2.37. The highest BCUT2D eigenvalue weighted by molar-refractivity contribution is 5.43. The number of benzene rings is 2. The molecule has 0 unspecified atom stereocenters. The second-order valence-corrected chi connectivity index (χ2v) is 6.04. The maximum absolute atomic E-state index is 10.2. The van der Waals surface area contributed by atoms with E-state index in [4.69, 9.17) is 0 Å². The number of aromatic hydroxyl groups is 1.